The first-order chi connectivity index (χ1) is 13.5. The van der Waals surface area contributed by atoms with Crippen molar-refractivity contribution in [2.24, 2.45) is 0 Å². The van der Waals surface area contributed by atoms with E-state index >= 15 is 0 Å². The lowest BCUT2D eigenvalue weighted by molar-refractivity contribution is 0.432. The van der Waals surface area contributed by atoms with E-state index in [-0.39, 0.29) is 10.8 Å². The molecule has 0 saturated heterocycles. The predicted octanol–water partition coefficient (Wildman–Crippen LogP) is 4.60. The van der Waals surface area contributed by atoms with E-state index in [1.807, 2.05) is 55.5 Å². The standard InChI is InChI=1S/C20H17N3O3S2/c1-14-7-6-10-16(13-14)23(2)28(24,25)17-11-12-27-18(17)20-21-19(22-26-20)15-8-4-3-5-9-15/h3-13H,1-2H3. The number of hydrogen-bond acceptors (Lipinski definition) is 6. The number of rotatable bonds is 5. The zero-order valence-electron chi connectivity index (χ0n) is 15.2. The van der Waals surface area contributed by atoms with Gasteiger partial charge in [-0.25, -0.2) is 8.42 Å². The van der Waals surface area contributed by atoms with Gasteiger partial charge in [0.05, 0.1) is 5.69 Å². The first-order valence-electron chi connectivity index (χ1n) is 8.49. The molecule has 0 N–H and O–H groups in total. The maximum absolute atomic E-state index is 13.2. The molecule has 2 aromatic heterocycles. The van der Waals surface area contributed by atoms with Crippen molar-refractivity contribution in [3.05, 3.63) is 71.6 Å². The highest BCUT2D eigenvalue weighted by atomic mass is 32.2. The monoisotopic (exact) mass is 411 g/mol. The molecular weight excluding hydrogens is 394 g/mol. The third-order valence-electron chi connectivity index (χ3n) is 4.29. The normalized spacial score (nSPS) is 11.5. The van der Waals surface area contributed by atoms with Crippen molar-refractivity contribution in [3.63, 3.8) is 0 Å². The topological polar surface area (TPSA) is 76.3 Å². The van der Waals surface area contributed by atoms with Crippen LogP contribution >= 0.6 is 11.3 Å². The molecule has 0 amide bonds. The van der Waals surface area contributed by atoms with E-state index in [4.69, 9.17) is 4.52 Å². The average Bonchev–Trinajstić information content (AvgIpc) is 3.37. The fourth-order valence-electron chi connectivity index (χ4n) is 2.79. The molecule has 4 rings (SSSR count). The maximum Gasteiger partial charge on any atom is 0.269 e. The van der Waals surface area contributed by atoms with Gasteiger partial charge in [0.2, 0.25) is 5.82 Å². The first kappa shape index (κ1) is 18.4. The van der Waals surface area contributed by atoms with Gasteiger partial charge in [-0.15, -0.1) is 11.3 Å². The van der Waals surface area contributed by atoms with E-state index in [2.05, 4.69) is 10.1 Å². The van der Waals surface area contributed by atoms with Gasteiger partial charge in [-0.1, -0.05) is 47.6 Å². The molecule has 0 aliphatic heterocycles. The molecular formula is C20H17N3O3S2. The summed E-state index contributed by atoms with van der Waals surface area (Å²) in [7, 11) is -2.25. The van der Waals surface area contributed by atoms with E-state index in [0.29, 0.717) is 16.4 Å². The molecule has 0 aliphatic rings. The lowest BCUT2D eigenvalue weighted by Gasteiger charge is -2.19. The van der Waals surface area contributed by atoms with E-state index in [0.717, 1.165) is 11.1 Å². The number of sulfonamides is 1. The van der Waals surface area contributed by atoms with Crippen LogP contribution in [-0.4, -0.2) is 25.6 Å². The summed E-state index contributed by atoms with van der Waals surface area (Å²) in [5.41, 5.74) is 2.37. The predicted molar refractivity (Wildman–Crippen MR) is 110 cm³/mol. The Kier molecular flexibility index (Phi) is 4.74. The number of nitrogens with zero attached hydrogens (tertiary/aromatic N) is 3. The van der Waals surface area contributed by atoms with E-state index in [1.54, 1.807) is 17.5 Å². The van der Waals surface area contributed by atoms with Crippen LogP contribution in [0, 0.1) is 6.92 Å². The molecule has 4 aromatic rings. The molecule has 6 nitrogen and oxygen atoms in total. The van der Waals surface area contributed by atoms with Crippen molar-refractivity contribution in [3.8, 4) is 22.2 Å². The van der Waals surface area contributed by atoms with Crippen LogP contribution in [0.15, 0.2) is 75.5 Å². The number of aryl methyl sites for hydroxylation is 1. The molecule has 2 aromatic carbocycles. The van der Waals surface area contributed by atoms with Crippen LogP contribution in [0.3, 0.4) is 0 Å². The van der Waals surface area contributed by atoms with Gasteiger partial charge >= 0.3 is 0 Å². The number of hydrogen-bond donors (Lipinski definition) is 0. The molecule has 0 atom stereocenters. The second-order valence-corrected chi connectivity index (χ2v) is 9.07. The smallest absolute Gasteiger partial charge is 0.269 e. The highest BCUT2D eigenvalue weighted by Gasteiger charge is 2.28. The third kappa shape index (κ3) is 3.32. The molecule has 0 radical (unpaired) electrons. The molecule has 2 heterocycles. The fourth-order valence-corrected chi connectivity index (χ4v) is 5.29. The van der Waals surface area contributed by atoms with Gasteiger partial charge in [0.1, 0.15) is 9.77 Å². The second-order valence-electron chi connectivity index (χ2n) is 6.21. The van der Waals surface area contributed by atoms with Gasteiger partial charge in [0.15, 0.2) is 0 Å². The zero-order chi connectivity index (χ0) is 19.7. The number of aromatic nitrogens is 2. The lowest BCUT2D eigenvalue weighted by Crippen LogP contribution is -2.26. The van der Waals surface area contributed by atoms with Crippen molar-refractivity contribution in [2.45, 2.75) is 11.8 Å². The van der Waals surface area contributed by atoms with Crippen LogP contribution in [0.25, 0.3) is 22.2 Å². The minimum atomic E-state index is -3.78. The SMILES string of the molecule is Cc1cccc(N(C)S(=O)(=O)c2ccsc2-c2nc(-c3ccccc3)no2)c1. The van der Waals surface area contributed by atoms with E-state index in [1.165, 1.54) is 22.7 Å². The van der Waals surface area contributed by atoms with Crippen LogP contribution < -0.4 is 4.31 Å². The molecule has 0 saturated carbocycles. The van der Waals surface area contributed by atoms with Gasteiger partial charge in [0.25, 0.3) is 15.9 Å². The molecule has 0 fully saturated rings. The summed E-state index contributed by atoms with van der Waals surface area (Å²) in [4.78, 5) is 4.96. The summed E-state index contributed by atoms with van der Waals surface area (Å²) in [6.07, 6.45) is 0. The molecule has 8 heteroatoms. The van der Waals surface area contributed by atoms with Gasteiger partial charge < -0.3 is 4.52 Å². The molecule has 0 spiro atoms. The average molecular weight is 412 g/mol. The Morgan fingerprint density at radius 1 is 1.04 bits per heavy atom. The summed E-state index contributed by atoms with van der Waals surface area (Å²) in [5.74, 6) is 0.601. The van der Waals surface area contributed by atoms with Crippen LogP contribution in [0.1, 0.15) is 5.56 Å². The summed E-state index contributed by atoms with van der Waals surface area (Å²) < 4.78 is 33.1. The lowest BCUT2D eigenvalue weighted by atomic mass is 10.2. The Morgan fingerprint density at radius 2 is 1.82 bits per heavy atom. The largest absolute Gasteiger partial charge is 0.333 e. The molecule has 0 aliphatic carbocycles. The van der Waals surface area contributed by atoms with Crippen LogP contribution in [-0.2, 0) is 10.0 Å². The highest BCUT2D eigenvalue weighted by Crippen LogP contribution is 2.35. The first-order valence-corrected chi connectivity index (χ1v) is 10.8. The molecule has 0 bridgehead atoms. The minimum Gasteiger partial charge on any atom is -0.333 e. The van der Waals surface area contributed by atoms with Crippen molar-refractivity contribution >= 4 is 27.0 Å². The van der Waals surface area contributed by atoms with E-state index in [9.17, 15) is 8.42 Å². The van der Waals surface area contributed by atoms with Crippen molar-refractivity contribution in [2.75, 3.05) is 11.4 Å². The van der Waals surface area contributed by atoms with Gasteiger partial charge in [-0.2, -0.15) is 4.98 Å². The summed E-state index contributed by atoms with van der Waals surface area (Å²) in [6, 6.07) is 18.3. The van der Waals surface area contributed by atoms with Crippen molar-refractivity contribution < 1.29 is 12.9 Å². The van der Waals surface area contributed by atoms with Crippen LogP contribution in [0.2, 0.25) is 0 Å². The molecule has 28 heavy (non-hydrogen) atoms. The fraction of sp³-hybridized carbons (Fsp3) is 0.100. The van der Waals surface area contributed by atoms with Gasteiger partial charge in [-0.3, -0.25) is 4.31 Å². The Hall–Kier alpha value is -2.97. The van der Waals surface area contributed by atoms with Crippen molar-refractivity contribution in [1.82, 2.24) is 10.1 Å². The van der Waals surface area contributed by atoms with E-state index < -0.39 is 10.0 Å². The number of anilines is 1. The minimum absolute atomic E-state index is 0.143. The van der Waals surface area contributed by atoms with Crippen molar-refractivity contribution in [1.29, 1.82) is 0 Å². The van der Waals surface area contributed by atoms with Crippen LogP contribution in [0.4, 0.5) is 5.69 Å². The Labute approximate surface area is 167 Å². The Bertz CT molecular complexity index is 1210. The summed E-state index contributed by atoms with van der Waals surface area (Å²) >= 11 is 1.25. The third-order valence-corrected chi connectivity index (χ3v) is 7.14. The zero-order valence-corrected chi connectivity index (χ0v) is 16.9. The number of thiophene rings is 1. The Balaban J connectivity index is 1.72. The highest BCUT2D eigenvalue weighted by molar-refractivity contribution is 7.93. The summed E-state index contributed by atoms with van der Waals surface area (Å²) in [5, 5.41) is 5.70. The maximum atomic E-state index is 13.2. The van der Waals surface area contributed by atoms with Crippen LogP contribution in [0.5, 0.6) is 0 Å². The molecule has 142 valence electrons. The number of benzene rings is 2. The summed E-state index contributed by atoms with van der Waals surface area (Å²) in [6.45, 7) is 1.92. The van der Waals surface area contributed by atoms with Gasteiger partial charge in [-0.05, 0) is 36.1 Å². The second kappa shape index (κ2) is 7.21. The Morgan fingerprint density at radius 3 is 2.57 bits per heavy atom. The molecule has 0 unspecified atom stereocenters. The quantitative estimate of drug-likeness (QED) is 0.480. The van der Waals surface area contributed by atoms with Gasteiger partial charge in [0, 0.05) is 12.6 Å².